The van der Waals surface area contributed by atoms with Crippen LogP contribution >= 0.6 is 11.6 Å². The summed E-state index contributed by atoms with van der Waals surface area (Å²) in [5, 5.41) is 0.215. The molecule has 0 bridgehead atoms. The molecule has 0 fully saturated rings. The Morgan fingerprint density at radius 2 is 2.11 bits per heavy atom. The third-order valence-corrected chi connectivity index (χ3v) is 2.85. The third-order valence-electron chi connectivity index (χ3n) is 1.93. The van der Waals surface area contributed by atoms with Crippen LogP contribution < -0.4 is 4.72 Å². The smallest absolute Gasteiger partial charge is 0.338 e. The predicted octanol–water partition coefficient (Wildman–Crippen LogP) is 2.28. The van der Waals surface area contributed by atoms with E-state index in [0.717, 1.165) is 6.26 Å². The maximum absolute atomic E-state index is 11.6. The molecule has 0 saturated heterocycles. The number of rotatable bonds is 5. The minimum absolute atomic E-state index is 0.158. The molecule has 0 aliphatic carbocycles. The second kappa shape index (κ2) is 6.06. The van der Waals surface area contributed by atoms with Crippen molar-refractivity contribution in [1.29, 1.82) is 0 Å². The molecule has 5 nitrogen and oxygen atoms in total. The van der Waals surface area contributed by atoms with Crippen LogP contribution in [-0.4, -0.2) is 27.2 Å². The monoisotopic (exact) mass is 291 g/mol. The van der Waals surface area contributed by atoms with Crippen LogP contribution in [0.3, 0.4) is 0 Å². The maximum Gasteiger partial charge on any atom is 0.338 e. The van der Waals surface area contributed by atoms with Crippen LogP contribution in [0.4, 0.5) is 5.69 Å². The third kappa shape index (κ3) is 4.54. The van der Waals surface area contributed by atoms with Gasteiger partial charge in [-0.25, -0.2) is 13.2 Å². The summed E-state index contributed by atoms with van der Waals surface area (Å²) in [6, 6.07) is 4.27. The molecule has 0 aliphatic heterocycles. The van der Waals surface area contributed by atoms with Gasteiger partial charge in [-0.3, -0.25) is 4.72 Å². The molecule has 0 heterocycles. The van der Waals surface area contributed by atoms with E-state index >= 15 is 0 Å². The van der Waals surface area contributed by atoms with Gasteiger partial charge < -0.3 is 4.74 Å². The second-order valence-corrected chi connectivity index (χ2v) is 5.86. The van der Waals surface area contributed by atoms with E-state index in [1.807, 2.05) is 6.92 Å². The number of carbonyl (C=O) groups is 1. The summed E-state index contributed by atoms with van der Waals surface area (Å²) in [6.07, 6.45) is 1.72. The Labute approximate surface area is 111 Å². The van der Waals surface area contributed by atoms with Crippen LogP contribution in [0.1, 0.15) is 23.7 Å². The van der Waals surface area contributed by atoms with Crippen molar-refractivity contribution >= 4 is 33.3 Å². The molecule has 0 spiro atoms. The highest BCUT2D eigenvalue weighted by molar-refractivity contribution is 7.92. The van der Waals surface area contributed by atoms with Crippen molar-refractivity contribution in [3.8, 4) is 0 Å². The maximum atomic E-state index is 11.6. The number of nitrogens with one attached hydrogen (secondary N) is 1. The first-order valence-electron chi connectivity index (χ1n) is 5.28. The lowest BCUT2D eigenvalue weighted by Gasteiger charge is -2.08. The number of carbonyl (C=O) groups excluding carboxylic acids is 1. The van der Waals surface area contributed by atoms with Crippen LogP contribution in [0, 0.1) is 0 Å². The molecule has 1 aromatic carbocycles. The van der Waals surface area contributed by atoms with E-state index in [0.29, 0.717) is 13.0 Å². The van der Waals surface area contributed by atoms with Crippen molar-refractivity contribution in [2.45, 2.75) is 13.3 Å². The molecule has 0 amide bonds. The minimum atomic E-state index is -3.45. The number of sulfonamides is 1. The SMILES string of the molecule is CCCOC(=O)c1ccc(Cl)c(NS(C)(=O)=O)c1. The molecule has 0 unspecified atom stereocenters. The summed E-state index contributed by atoms with van der Waals surface area (Å²) in [5.41, 5.74) is 0.407. The molecule has 0 aliphatic rings. The Morgan fingerprint density at radius 1 is 1.44 bits per heavy atom. The summed E-state index contributed by atoms with van der Waals surface area (Å²) in [5.74, 6) is -0.509. The zero-order valence-corrected chi connectivity index (χ0v) is 11.6. The molecule has 0 atom stereocenters. The lowest BCUT2D eigenvalue weighted by molar-refractivity contribution is 0.0505. The molecule has 0 saturated carbocycles. The van der Waals surface area contributed by atoms with Crippen LogP contribution in [0.15, 0.2) is 18.2 Å². The lowest BCUT2D eigenvalue weighted by atomic mass is 10.2. The van der Waals surface area contributed by atoms with Crippen LogP contribution in [-0.2, 0) is 14.8 Å². The average molecular weight is 292 g/mol. The molecule has 18 heavy (non-hydrogen) atoms. The largest absolute Gasteiger partial charge is 0.462 e. The summed E-state index contributed by atoms with van der Waals surface area (Å²) in [7, 11) is -3.45. The number of ether oxygens (including phenoxy) is 1. The molecule has 1 N–H and O–H groups in total. The standard InChI is InChI=1S/C11H14ClNO4S/c1-3-6-17-11(14)8-4-5-9(12)10(7-8)13-18(2,15)16/h4-5,7,13H,3,6H2,1-2H3. The summed E-state index contributed by atoms with van der Waals surface area (Å²) in [6.45, 7) is 2.20. The van der Waals surface area contributed by atoms with Gasteiger partial charge in [0.1, 0.15) is 0 Å². The normalized spacial score (nSPS) is 11.1. The Bertz CT molecular complexity index is 542. The highest BCUT2D eigenvalue weighted by Crippen LogP contribution is 2.24. The van der Waals surface area contributed by atoms with E-state index in [1.54, 1.807) is 0 Å². The first-order chi connectivity index (χ1) is 8.33. The second-order valence-electron chi connectivity index (χ2n) is 3.70. The Kier molecular flexibility index (Phi) is 4.98. The number of halogens is 1. The number of hydrogen-bond donors (Lipinski definition) is 1. The molecular formula is C11H14ClNO4S. The molecule has 1 aromatic rings. The Balaban J connectivity index is 2.97. The molecule has 7 heteroatoms. The highest BCUT2D eigenvalue weighted by Gasteiger charge is 2.12. The molecule has 0 radical (unpaired) electrons. The fraction of sp³-hybridized carbons (Fsp3) is 0.364. The Hall–Kier alpha value is -1.27. The molecule has 0 aromatic heterocycles. The van der Waals surface area contributed by atoms with Crippen molar-refractivity contribution in [3.05, 3.63) is 28.8 Å². The number of hydrogen-bond acceptors (Lipinski definition) is 4. The average Bonchev–Trinajstić information content (AvgIpc) is 2.27. The van der Waals surface area contributed by atoms with E-state index < -0.39 is 16.0 Å². The van der Waals surface area contributed by atoms with E-state index in [2.05, 4.69) is 4.72 Å². The fourth-order valence-electron chi connectivity index (χ4n) is 1.21. The van der Waals surface area contributed by atoms with Crippen LogP contribution in [0.2, 0.25) is 5.02 Å². The topological polar surface area (TPSA) is 72.5 Å². The van der Waals surface area contributed by atoms with Gasteiger partial charge in [0.15, 0.2) is 0 Å². The van der Waals surface area contributed by atoms with Gasteiger partial charge in [0.2, 0.25) is 10.0 Å². The van der Waals surface area contributed by atoms with Gasteiger partial charge in [0, 0.05) is 0 Å². The van der Waals surface area contributed by atoms with Crippen LogP contribution in [0.5, 0.6) is 0 Å². The summed E-state index contributed by atoms with van der Waals surface area (Å²) < 4.78 is 29.4. The molecular weight excluding hydrogens is 278 g/mol. The van der Waals surface area contributed by atoms with Gasteiger partial charge in [0.25, 0.3) is 0 Å². The summed E-state index contributed by atoms with van der Waals surface area (Å²) >= 11 is 5.83. The van der Waals surface area contributed by atoms with Crippen molar-refractivity contribution in [3.63, 3.8) is 0 Å². The van der Waals surface area contributed by atoms with E-state index in [4.69, 9.17) is 16.3 Å². The van der Waals surface area contributed by atoms with Crippen molar-refractivity contribution in [2.24, 2.45) is 0 Å². The van der Waals surface area contributed by atoms with Gasteiger partial charge in [-0.05, 0) is 24.6 Å². The van der Waals surface area contributed by atoms with Crippen molar-refractivity contribution in [1.82, 2.24) is 0 Å². The summed E-state index contributed by atoms with van der Waals surface area (Å²) in [4.78, 5) is 11.6. The number of anilines is 1. The van der Waals surface area contributed by atoms with E-state index in [1.165, 1.54) is 18.2 Å². The quantitative estimate of drug-likeness (QED) is 0.845. The molecule has 1 rings (SSSR count). The predicted molar refractivity (Wildman–Crippen MR) is 70.5 cm³/mol. The number of esters is 1. The fourth-order valence-corrected chi connectivity index (χ4v) is 2.00. The van der Waals surface area contributed by atoms with Gasteiger partial charge in [0.05, 0.1) is 29.1 Å². The Morgan fingerprint density at radius 3 is 2.67 bits per heavy atom. The zero-order chi connectivity index (χ0) is 13.8. The van der Waals surface area contributed by atoms with E-state index in [9.17, 15) is 13.2 Å². The van der Waals surface area contributed by atoms with E-state index in [-0.39, 0.29) is 16.3 Å². The minimum Gasteiger partial charge on any atom is -0.462 e. The molecule has 100 valence electrons. The van der Waals surface area contributed by atoms with Crippen LogP contribution in [0.25, 0.3) is 0 Å². The zero-order valence-electron chi connectivity index (χ0n) is 10.1. The lowest BCUT2D eigenvalue weighted by Crippen LogP contribution is -2.11. The van der Waals surface area contributed by atoms with Crippen molar-refractivity contribution < 1.29 is 17.9 Å². The first-order valence-corrected chi connectivity index (χ1v) is 7.55. The van der Waals surface area contributed by atoms with Crippen molar-refractivity contribution in [2.75, 3.05) is 17.6 Å². The number of benzene rings is 1. The highest BCUT2D eigenvalue weighted by atomic mass is 35.5. The van der Waals surface area contributed by atoms with Gasteiger partial charge in [-0.2, -0.15) is 0 Å². The van der Waals surface area contributed by atoms with Gasteiger partial charge in [-0.15, -0.1) is 0 Å². The van der Waals surface area contributed by atoms with Gasteiger partial charge in [-0.1, -0.05) is 18.5 Å². The van der Waals surface area contributed by atoms with Gasteiger partial charge >= 0.3 is 5.97 Å². The first kappa shape index (κ1) is 14.8.